The number of allylic oxidation sites excluding steroid dienone is 1. The van der Waals surface area contributed by atoms with Crippen molar-refractivity contribution >= 4 is 35.0 Å². The molecule has 2 aromatic heterocycles. The number of carbonyl (C=O) groups is 1. The van der Waals surface area contributed by atoms with Crippen molar-refractivity contribution in [2.24, 2.45) is 4.99 Å². The Balaban J connectivity index is 1.57. The van der Waals surface area contributed by atoms with Crippen LogP contribution in [0.5, 0.6) is 0 Å². The summed E-state index contributed by atoms with van der Waals surface area (Å²) >= 11 is 1.29. The molecule has 0 spiro atoms. The summed E-state index contributed by atoms with van der Waals surface area (Å²) in [7, 11) is 6.05. The molecule has 1 aromatic carbocycles. The number of nitrogens with zero attached hydrogens (tertiary/aromatic N) is 5. The molecule has 9 nitrogen and oxygen atoms in total. The maximum absolute atomic E-state index is 13.8. The van der Waals surface area contributed by atoms with Crippen molar-refractivity contribution in [2.75, 3.05) is 63.7 Å². The Kier molecular flexibility index (Phi) is 7.27. The number of anilines is 2. The number of rotatable bonds is 6. The van der Waals surface area contributed by atoms with Gasteiger partial charge in [0.05, 0.1) is 28.5 Å². The van der Waals surface area contributed by atoms with E-state index in [0.717, 1.165) is 43.3 Å². The molecule has 0 N–H and O–H groups in total. The predicted octanol–water partition coefficient (Wildman–Crippen LogP) is 2.21. The lowest BCUT2D eigenvalue weighted by Crippen LogP contribution is -2.44. The van der Waals surface area contributed by atoms with Crippen LogP contribution in [0.25, 0.3) is 6.08 Å². The highest BCUT2D eigenvalue weighted by atomic mass is 32.1. The Morgan fingerprint density at radius 1 is 1.16 bits per heavy atom. The maximum Gasteiger partial charge on any atom is 0.338 e. The van der Waals surface area contributed by atoms with Gasteiger partial charge in [0.25, 0.3) is 5.56 Å². The number of piperazine rings is 1. The Bertz CT molecular complexity index is 1540. The molecule has 5 rings (SSSR count). The molecule has 2 aliphatic rings. The fourth-order valence-corrected chi connectivity index (χ4v) is 5.83. The zero-order valence-corrected chi connectivity index (χ0v) is 23.2. The van der Waals surface area contributed by atoms with Crippen LogP contribution in [0.1, 0.15) is 31.2 Å². The molecule has 0 saturated carbocycles. The van der Waals surface area contributed by atoms with Gasteiger partial charge in [0.1, 0.15) is 5.76 Å². The lowest BCUT2D eigenvalue weighted by atomic mass is 9.95. The van der Waals surface area contributed by atoms with Crippen molar-refractivity contribution in [3.05, 3.63) is 78.7 Å². The standard InChI is InChI=1S/C28H33N5O4S/c1-6-36-27(35)24-18(2)29-28-33(25(24)19-7-9-20(10-8-19)30(3)4)26(34)22(38-28)17-21-11-12-23(37-21)32-15-13-31(5)14-16-32/h7-12,17,25H,6,13-16H2,1-5H3. The third-order valence-corrected chi connectivity index (χ3v) is 7.93. The maximum atomic E-state index is 13.8. The normalized spacial score (nSPS) is 18.4. The highest BCUT2D eigenvalue weighted by Gasteiger charge is 2.33. The third kappa shape index (κ3) is 4.93. The molecule has 0 bridgehead atoms. The number of thiazole rings is 1. The molecular weight excluding hydrogens is 502 g/mol. The van der Waals surface area contributed by atoms with Gasteiger partial charge in [-0.1, -0.05) is 23.5 Å². The minimum absolute atomic E-state index is 0.220. The molecule has 1 unspecified atom stereocenters. The number of aromatic nitrogens is 1. The molecule has 1 atom stereocenters. The van der Waals surface area contributed by atoms with E-state index in [2.05, 4.69) is 21.8 Å². The van der Waals surface area contributed by atoms with Crippen LogP contribution in [-0.2, 0) is 9.53 Å². The number of carbonyl (C=O) groups excluding carboxylic acids is 1. The van der Waals surface area contributed by atoms with Gasteiger partial charge in [-0.3, -0.25) is 9.36 Å². The van der Waals surface area contributed by atoms with Gasteiger partial charge in [0.15, 0.2) is 10.7 Å². The Labute approximate surface area is 225 Å². The van der Waals surface area contributed by atoms with E-state index in [1.165, 1.54) is 11.3 Å². The summed E-state index contributed by atoms with van der Waals surface area (Å²) in [5, 5.41) is 0. The number of esters is 1. The summed E-state index contributed by atoms with van der Waals surface area (Å²) < 4.78 is 13.6. The van der Waals surface area contributed by atoms with E-state index < -0.39 is 12.0 Å². The minimum Gasteiger partial charge on any atom is -0.463 e. The van der Waals surface area contributed by atoms with E-state index in [1.54, 1.807) is 24.5 Å². The molecule has 200 valence electrons. The van der Waals surface area contributed by atoms with Gasteiger partial charge in [-0.2, -0.15) is 0 Å². The SMILES string of the molecule is CCOC(=O)C1=C(C)N=c2sc(=Cc3ccc(N4CCN(C)CC4)o3)c(=O)n2C1c1ccc(N(C)C)cc1. The average Bonchev–Trinajstić information content (AvgIpc) is 3.48. The van der Waals surface area contributed by atoms with E-state index in [-0.39, 0.29) is 12.2 Å². The highest BCUT2D eigenvalue weighted by Crippen LogP contribution is 2.31. The van der Waals surface area contributed by atoms with Crippen LogP contribution in [-0.4, -0.2) is 69.4 Å². The Morgan fingerprint density at radius 3 is 2.53 bits per heavy atom. The number of ether oxygens (including phenoxy) is 1. The molecule has 1 fully saturated rings. The average molecular weight is 536 g/mol. The number of hydrogen-bond acceptors (Lipinski definition) is 9. The number of benzene rings is 1. The third-order valence-electron chi connectivity index (χ3n) is 6.94. The molecule has 0 aliphatic carbocycles. The molecule has 38 heavy (non-hydrogen) atoms. The first-order chi connectivity index (χ1) is 18.3. The number of fused-ring (bicyclic) bond motifs is 1. The number of hydrogen-bond donors (Lipinski definition) is 0. The molecule has 10 heteroatoms. The second kappa shape index (κ2) is 10.6. The fourth-order valence-electron chi connectivity index (χ4n) is 4.81. The smallest absolute Gasteiger partial charge is 0.338 e. The largest absolute Gasteiger partial charge is 0.463 e. The topological polar surface area (TPSA) is 83.5 Å². The van der Waals surface area contributed by atoms with Crippen molar-refractivity contribution in [3.8, 4) is 0 Å². The van der Waals surface area contributed by atoms with Gasteiger partial charge < -0.3 is 23.9 Å². The van der Waals surface area contributed by atoms with E-state index in [9.17, 15) is 9.59 Å². The van der Waals surface area contributed by atoms with Gasteiger partial charge in [-0.25, -0.2) is 9.79 Å². The Hall–Kier alpha value is -3.63. The monoisotopic (exact) mass is 535 g/mol. The molecule has 3 aromatic rings. The second-order valence-corrected chi connectivity index (χ2v) is 10.8. The van der Waals surface area contributed by atoms with Gasteiger partial charge >= 0.3 is 5.97 Å². The van der Waals surface area contributed by atoms with Crippen LogP contribution >= 0.6 is 11.3 Å². The number of likely N-dealkylation sites (N-methyl/N-ethyl adjacent to an activating group) is 1. The molecule has 4 heterocycles. The summed E-state index contributed by atoms with van der Waals surface area (Å²) in [5.41, 5.74) is 2.54. The highest BCUT2D eigenvalue weighted by molar-refractivity contribution is 7.07. The van der Waals surface area contributed by atoms with Gasteiger partial charge in [0, 0.05) is 58.1 Å². The lowest BCUT2D eigenvalue weighted by molar-refractivity contribution is -0.139. The van der Waals surface area contributed by atoms with Crippen molar-refractivity contribution < 1.29 is 13.9 Å². The molecule has 0 amide bonds. The van der Waals surface area contributed by atoms with Crippen LogP contribution < -0.4 is 24.7 Å². The quantitative estimate of drug-likeness (QED) is 0.448. The van der Waals surface area contributed by atoms with Crippen LogP contribution in [0.4, 0.5) is 11.6 Å². The number of furan rings is 1. The van der Waals surface area contributed by atoms with E-state index in [0.29, 0.717) is 26.4 Å². The van der Waals surface area contributed by atoms with Crippen LogP contribution in [0.15, 0.2) is 61.9 Å². The van der Waals surface area contributed by atoms with Crippen molar-refractivity contribution in [1.29, 1.82) is 0 Å². The van der Waals surface area contributed by atoms with Crippen LogP contribution in [0, 0.1) is 0 Å². The minimum atomic E-state index is -0.638. The van der Waals surface area contributed by atoms with E-state index in [4.69, 9.17) is 9.15 Å². The van der Waals surface area contributed by atoms with Crippen LogP contribution in [0.2, 0.25) is 0 Å². The molecular formula is C28H33N5O4S. The van der Waals surface area contributed by atoms with Gasteiger partial charge in [-0.05, 0) is 44.7 Å². The second-order valence-electron chi connectivity index (χ2n) is 9.75. The van der Waals surface area contributed by atoms with Gasteiger partial charge in [-0.15, -0.1) is 0 Å². The summed E-state index contributed by atoms with van der Waals surface area (Å²) in [5.74, 6) is 0.946. The van der Waals surface area contributed by atoms with Crippen molar-refractivity contribution in [2.45, 2.75) is 19.9 Å². The van der Waals surface area contributed by atoms with Crippen LogP contribution in [0.3, 0.4) is 0 Å². The fraction of sp³-hybridized carbons (Fsp3) is 0.393. The summed E-state index contributed by atoms with van der Waals surface area (Å²) in [4.78, 5) is 38.6. The zero-order valence-electron chi connectivity index (χ0n) is 22.4. The van der Waals surface area contributed by atoms with Gasteiger partial charge in [0.2, 0.25) is 0 Å². The predicted molar refractivity (Wildman–Crippen MR) is 150 cm³/mol. The summed E-state index contributed by atoms with van der Waals surface area (Å²) in [6.07, 6.45) is 1.76. The van der Waals surface area contributed by atoms with E-state index >= 15 is 0 Å². The summed E-state index contributed by atoms with van der Waals surface area (Å²) in [6.45, 7) is 7.55. The first kappa shape index (κ1) is 26.0. The first-order valence-electron chi connectivity index (χ1n) is 12.8. The molecule has 0 radical (unpaired) electrons. The first-order valence-corrected chi connectivity index (χ1v) is 13.6. The Morgan fingerprint density at radius 2 is 1.87 bits per heavy atom. The van der Waals surface area contributed by atoms with Crippen molar-refractivity contribution in [1.82, 2.24) is 9.47 Å². The zero-order chi connectivity index (χ0) is 27.0. The van der Waals surface area contributed by atoms with Crippen molar-refractivity contribution in [3.63, 3.8) is 0 Å². The molecule has 2 aliphatic heterocycles. The summed E-state index contributed by atoms with van der Waals surface area (Å²) in [6, 6.07) is 11.1. The lowest BCUT2D eigenvalue weighted by Gasteiger charge is -2.32. The van der Waals surface area contributed by atoms with E-state index in [1.807, 2.05) is 55.4 Å². The molecule has 1 saturated heterocycles.